The van der Waals surface area contributed by atoms with E-state index in [2.05, 4.69) is 31.1 Å². The second-order valence-corrected chi connectivity index (χ2v) is 4.12. The molecular formula is C8H17N3. The van der Waals surface area contributed by atoms with Crippen LogP contribution in [0.5, 0.6) is 0 Å². The predicted molar refractivity (Wildman–Crippen MR) is 47.5 cm³/mol. The molecule has 1 aliphatic rings. The lowest BCUT2D eigenvalue weighted by Crippen LogP contribution is -2.49. The second-order valence-electron chi connectivity index (χ2n) is 4.12. The highest BCUT2D eigenvalue weighted by atomic mass is 15.1. The molecule has 0 aromatic rings. The Morgan fingerprint density at radius 3 is 2.55 bits per heavy atom. The summed E-state index contributed by atoms with van der Waals surface area (Å²) in [6.45, 7) is 7.50. The fraction of sp³-hybridized carbons (Fsp3) is 0.875. The molecule has 1 heterocycles. The molecule has 3 N–H and O–H groups in total. The molecule has 0 unspecified atom stereocenters. The van der Waals surface area contributed by atoms with Gasteiger partial charge in [-0.25, -0.2) is 0 Å². The molecule has 0 aliphatic carbocycles. The molecule has 1 aliphatic heterocycles. The van der Waals surface area contributed by atoms with Crippen LogP contribution >= 0.6 is 0 Å². The zero-order valence-corrected chi connectivity index (χ0v) is 7.52. The van der Waals surface area contributed by atoms with Crippen molar-refractivity contribution in [3.05, 3.63) is 0 Å². The van der Waals surface area contributed by atoms with Crippen molar-refractivity contribution in [2.24, 2.45) is 16.1 Å². The second kappa shape index (κ2) is 2.72. The summed E-state index contributed by atoms with van der Waals surface area (Å²) in [5.74, 6) is 0.594. The van der Waals surface area contributed by atoms with Gasteiger partial charge in [0.25, 0.3) is 0 Å². The summed E-state index contributed by atoms with van der Waals surface area (Å²) in [5.41, 5.74) is 5.84. The first-order chi connectivity index (χ1) is 5.00. The first-order valence-electron chi connectivity index (χ1n) is 4.06. The van der Waals surface area contributed by atoms with Crippen LogP contribution in [0.4, 0.5) is 0 Å². The minimum atomic E-state index is 0.278. The molecule has 3 heteroatoms. The lowest BCUT2D eigenvalue weighted by Gasteiger charge is -2.33. The van der Waals surface area contributed by atoms with Gasteiger partial charge in [0.1, 0.15) is 0 Å². The molecule has 64 valence electrons. The molecule has 0 saturated carbocycles. The van der Waals surface area contributed by atoms with E-state index in [0.717, 1.165) is 13.0 Å². The number of guanidine groups is 1. The van der Waals surface area contributed by atoms with E-state index in [0.29, 0.717) is 12.0 Å². The van der Waals surface area contributed by atoms with E-state index in [1.165, 1.54) is 0 Å². The number of nitrogens with two attached hydrogens (primary N) is 1. The molecule has 0 aromatic heterocycles. The molecule has 0 spiro atoms. The standard InChI is InChI=1S/C8H17N3/c1-8(2,3)6-4-5-10-7(9)11-6/h6H,4-5H2,1-3H3,(H3,9,10,11)/t6-/m0/s1. The van der Waals surface area contributed by atoms with Crippen molar-refractivity contribution < 1.29 is 0 Å². The van der Waals surface area contributed by atoms with Gasteiger partial charge in [-0.3, -0.25) is 4.99 Å². The summed E-state index contributed by atoms with van der Waals surface area (Å²) in [6, 6.07) is 0.472. The van der Waals surface area contributed by atoms with E-state index < -0.39 is 0 Å². The Kier molecular flexibility index (Phi) is 2.07. The molecule has 0 fully saturated rings. The van der Waals surface area contributed by atoms with Gasteiger partial charge in [-0.2, -0.15) is 0 Å². The molecule has 11 heavy (non-hydrogen) atoms. The fourth-order valence-electron chi connectivity index (χ4n) is 1.26. The van der Waals surface area contributed by atoms with Crippen molar-refractivity contribution in [1.82, 2.24) is 5.32 Å². The summed E-state index contributed by atoms with van der Waals surface area (Å²) >= 11 is 0. The summed E-state index contributed by atoms with van der Waals surface area (Å²) in [5, 5.41) is 3.18. The number of nitrogens with one attached hydrogen (secondary N) is 1. The van der Waals surface area contributed by atoms with Gasteiger partial charge < -0.3 is 11.1 Å². The van der Waals surface area contributed by atoms with E-state index in [-0.39, 0.29) is 5.41 Å². The molecule has 0 radical (unpaired) electrons. The Morgan fingerprint density at radius 2 is 2.18 bits per heavy atom. The van der Waals surface area contributed by atoms with Crippen LogP contribution in [0.25, 0.3) is 0 Å². The maximum Gasteiger partial charge on any atom is 0.188 e. The van der Waals surface area contributed by atoms with Crippen LogP contribution in [0.2, 0.25) is 0 Å². The third kappa shape index (κ3) is 2.10. The molecule has 3 nitrogen and oxygen atoms in total. The Bertz CT molecular complexity index is 167. The molecule has 1 rings (SSSR count). The Hall–Kier alpha value is -0.730. The van der Waals surface area contributed by atoms with Crippen molar-refractivity contribution in [1.29, 1.82) is 0 Å². The van der Waals surface area contributed by atoms with Gasteiger partial charge in [-0.05, 0) is 11.8 Å². The van der Waals surface area contributed by atoms with Gasteiger partial charge in [0.05, 0.1) is 0 Å². The summed E-state index contributed by atoms with van der Waals surface area (Å²) in [7, 11) is 0. The minimum Gasteiger partial charge on any atom is -0.370 e. The minimum absolute atomic E-state index is 0.278. The highest BCUT2D eigenvalue weighted by molar-refractivity contribution is 5.78. The molecule has 0 saturated heterocycles. The Balaban J connectivity index is 2.58. The molecule has 1 atom stereocenters. The number of hydrogen-bond donors (Lipinski definition) is 2. The third-order valence-electron chi connectivity index (χ3n) is 2.07. The van der Waals surface area contributed by atoms with Crippen LogP contribution in [0.3, 0.4) is 0 Å². The van der Waals surface area contributed by atoms with Crippen molar-refractivity contribution >= 4 is 5.96 Å². The van der Waals surface area contributed by atoms with Crippen LogP contribution in [-0.4, -0.2) is 18.5 Å². The van der Waals surface area contributed by atoms with Crippen LogP contribution in [0.15, 0.2) is 4.99 Å². The molecule has 0 aromatic carbocycles. The van der Waals surface area contributed by atoms with Crippen LogP contribution in [0.1, 0.15) is 27.2 Å². The monoisotopic (exact) mass is 155 g/mol. The van der Waals surface area contributed by atoms with Crippen LogP contribution in [0, 0.1) is 5.41 Å². The van der Waals surface area contributed by atoms with Crippen molar-refractivity contribution in [3.8, 4) is 0 Å². The van der Waals surface area contributed by atoms with E-state index in [1.54, 1.807) is 0 Å². The van der Waals surface area contributed by atoms with Crippen LogP contribution in [-0.2, 0) is 0 Å². The zero-order chi connectivity index (χ0) is 8.48. The Labute approximate surface area is 68.1 Å². The highest BCUT2D eigenvalue weighted by Gasteiger charge is 2.26. The SMILES string of the molecule is CC(C)(C)[C@@H]1CCN=C(N)N1. The quantitative estimate of drug-likeness (QED) is 0.541. The maximum absolute atomic E-state index is 5.56. The smallest absolute Gasteiger partial charge is 0.188 e. The van der Waals surface area contributed by atoms with E-state index in [9.17, 15) is 0 Å². The van der Waals surface area contributed by atoms with Crippen molar-refractivity contribution in [2.45, 2.75) is 33.2 Å². The first-order valence-corrected chi connectivity index (χ1v) is 4.06. The van der Waals surface area contributed by atoms with E-state index in [1.807, 2.05) is 0 Å². The largest absolute Gasteiger partial charge is 0.370 e. The summed E-state index contributed by atoms with van der Waals surface area (Å²) in [6.07, 6.45) is 1.09. The molecule has 0 amide bonds. The summed E-state index contributed by atoms with van der Waals surface area (Å²) in [4.78, 5) is 4.08. The predicted octanol–water partition coefficient (Wildman–Crippen LogP) is 0.709. The number of nitrogens with zero attached hydrogens (tertiary/aromatic N) is 1. The number of aliphatic imine (C=N–C) groups is 1. The lowest BCUT2D eigenvalue weighted by atomic mass is 9.84. The van der Waals surface area contributed by atoms with E-state index >= 15 is 0 Å². The fourth-order valence-corrected chi connectivity index (χ4v) is 1.26. The average molecular weight is 155 g/mol. The third-order valence-corrected chi connectivity index (χ3v) is 2.07. The van der Waals surface area contributed by atoms with Gasteiger partial charge in [0.15, 0.2) is 5.96 Å². The maximum atomic E-state index is 5.56. The number of hydrogen-bond acceptors (Lipinski definition) is 3. The van der Waals surface area contributed by atoms with E-state index in [4.69, 9.17) is 5.73 Å². The van der Waals surface area contributed by atoms with Crippen molar-refractivity contribution in [2.75, 3.05) is 6.54 Å². The molecule has 0 bridgehead atoms. The molecular weight excluding hydrogens is 138 g/mol. The Morgan fingerprint density at radius 1 is 1.55 bits per heavy atom. The zero-order valence-electron chi connectivity index (χ0n) is 7.52. The van der Waals surface area contributed by atoms with Gasteiger partial charge in [-0.15, -0.1) is 0 Å². The highest BCUT2D eigenvalue weighted by Crippen LogP contribution is 2.22. The van der Waals surface area contributed by atoms with Gasteiger partial charge in [0, 0.05) is 12.6 Å². The average Bonchev–Trinajstić information content (AvgIpc) is 1.86. The summed E-state index contributed by atoms with van der Waals surface area (Å²) < 4.78 is 0. The van der Waals surface area contributed by atoms with Crippen molar-refractivity contribution in [3.63, 3.8) is 0 Å². The van der Waals surface area contributed by atoms with Crippen LogP contribution < -0.4 is 11.1 Å². The normalized spacial score (nSPS) is 25.7. The lowest BCUT2D eigenvalue weighted by molar-refractivity contribution is 0.278. The number of rotatable bonds is 0. The van der Waals surface area contributed by atoms with Gasteiger partial charge >= 0.3 is 0 Å². The first kappa shape index (κ1) is 8.37. The van der Waals surface area contributed by atoms with Gasteiger partial charge in [0.2, 0.25) is 0 Å². The van der Waals surface area contributed by atoms with Gasteiger partial charge in [-0.1, -0.05) is 20.8 Å². The topological polar surface area (TPSA) is 50.4 Å².